The van der Waals surface area contributed by atoms with E-state index < -0.39 is 23.6 Å². The zero-order valence-corrected chi connectivity index (χ0v) is 21.5. The monoisotopic (exact) mass is 543 g/mol. The van der Waals surface area contributed by atoms with Crippen LogP contribution in [-0.2, 0) is 6.18 Å². The standard InChI is InChI=1S/C28H28F3N3O3S/c1-2-3-4-7-16-37-24-15-6-5-14-23(24)26(36)34-27(38)33-21-12-8-10-19(17-21)25(35)32-22-13-9-11-20(18-22)28(29,30)31/h5-6,8-15,17-18H,2-4,7,16H2,1H3,(H,32,35)(H2,33,34,36,38). The predicted molar refractivity (Wildman–Crippen MR) is 146 cm³/mol. The third-order valence-electron chi connectivity index (χ3n) is 5.44. The molecule has 0 bridgehead atoms. The Labute approximate surface area is 224 Å². The first-order valence-electron chi connectivity index (χ1n) is 12.1. The van der Waals surface area contributed by atoms with Gasteiger partial charge in [-0.1, -0.05) is 50.5 Å². The van der Waals surface area contributed by atoms with E-state index >= 15 is 0 Å². The Kier molecular flexibility index (Phi) is 10.2. The van der Waals surface area contributed by atoms with Gasteiger partial charge in [-0.2, -0.15) is 13.2 Å². The van der Waals surface area contributed by atoms with Crippen LogP contribution in [-0.4, -0.2) is 23.5 Å². The molecule has 0 unspecified atom stereocenters. The zero-order chi connectivity index (χ0) is 27.5. The molecule has 6 nitrogen and oxygen atoms in total. The molecule has 3 aromatic rings. The summed E-state index contributed by atoms with van der Waals surface area (Å²) < 4.78 is 44.6. The van der Waals surface area contributed by atoms with Gasteiger partial charge in [0, 0.05) is 16.9 Å². The van der Waals surface area contributed by atoms with E-state index in [-0.39, 0.29) is 16.4 Å². The van der Waals surface area contributed by atoms with Crippen molar-refractivity contribution in [3.63, 3.8) is 0 Å². The molecule has 0 aromatic heterocycles. The minimum atomic E-state index is -4.52. The molecule has 0 aliphatic rings. The van der Waals surface area contributed by atoms with E-state index in [1.165, 1.54) is 24.3 Å². The molecule has 2 amide bonds. The quantitative estimate of drug-likeness (QED) is 0.189. The molecule has 0 aliphatic heterocycles. The van der Waals surface area contributed by atoms with Crippen LogP contribution < -0.4 is 20.7 Å². The molecule has 200 valence electrons. The lowest BCUT2D eigenvalue weighted by Gasteiger charge is -2.14. The van der Waals surface area contributed by atoms with Crippen molar-refractivity contribution in [2.45, 2.75) is 38.8 Å². The summed E-state index contributed by atoms with van der Waals surface area (Å²) in [5, 5.41) is 7.90. The summed E-state index contributed by atoms with van der Waals surface area (Å²) in [4.78, 5) is 25.4. The van der Waals surface area contributed by atoms with E-state index in [4.69, 9.17) is 17.0 Å². The van der Waals surface area contributed by atoms with Crippen molar-refractivity contribution >= 4 is 40.5 Å². The molecule has 10 heteroatoms. The Morgan fingerprint density at radius 2 is 1.55 bits per heavy atom. The zero-order valence-electron chi connectivity index (χ0n) is 20.7. The van der Waals surface area contributed by atoms with Gasteiger partial charge in [-0.05, 0) is 67.2 Å². The number of rotatable bonds is 10. The number of amides is 2. The maximum atomic E-state index is 12.9. The average molecular weight is 544 g/mol. The largest absolute Gasteiger partial charge is 0.493 e. The summed E-state index contributed by atoms with van der Waals surface area (Å²) in [5.74, 6) is -0.601. The van der Waals surface area contributed by atoms with Gasteiger partial charge < -0.3 is 15.4 Å². The maximum absolute atomic E-state index is 12.9. The summed E-state index contributed by atoms with van der Waals surface area (Å²) >= 11 is 5.26. The number of halogens is 3. The van der Waals surface area contributed by atoms with Crippen LogP contribution in [0.25, 0.3) is 0 Å². The number of ether oxygens (including phenoxy) is 1. The number of carbonyl (C=O) groups excluding carboxylic acids is 2. The van der Waals surface area contributed by atoms with Gasteiger partial charge in [-0.3, -0.25) is 14.9 Å². The summed E-state index contributed by atoms with van der Waals surface area (Å²) in [5.41, 5.74) is 0.0738. The van der Waals surface area contributed by atoms with Crippen molar-refractivity contribution in [1.82, 2.24) is 5.32 Å². The predicted octanol–water partition coefficient (Wildman–Crippen LogP) is 7.04. The van der Waals surface area contributed by atoms with Crippen molar-refractivity contribution in [3.05, 3.63) is 89.5 Å². The number of benzene rings is 3. The van der Waals surface area contributed by atoms with Crippen LogP contribution in [0.4, 0.5) is 24.5 Å². The highest BCUT2D eigenvalue weighted by molar-refractivity contribution is 7.80. The molecule has 0 aliphatic carbocycles. The lowest BCUT2D eigenvalue weighted by Crippen LogP contribution is -2.34. The number of thiocarbonyl (C=S) groups is 1. The number of hydrogen-bond acceptors (Lipinski definition) is 4. The van der Waals surface area contributed by atoms with E-state index in [2.05, 4.69) is 22.9 Å². The van der Waals surface area contributed by atoms with Crippen LogP contribution in [0.5, 0.6) is 5.75 Å². The number of anilines is 2. The molecule has 38 heavy (non-hydrogen) atoms. The molecule has 3 aromatic carbocycles. The van der Waals surface area contributed by atoms with Gasteiger partial charge in [0.25, 0.3) is 11.8 Å². The minimum Gasteiger partial charge on any atom is -0.493 e. The normalized spacial score (nSPS) is 10.9. The van der Waals surface area contributed by atoms with Gasteiger partial charge in [0.2, 0.25) is 0 Å². The summed E-state index contributed by atoms with van der Waals surface area (Å²) in [7, 11) is 0. The van der Waals surface area contributed by atoms with Crippen molar-refractivity contribution in [3.8, 4) is 5.75 Å². The Morgan fingerprint density at radius 3 is 2.29 bits per heavy atom. The van der Waals surface area contributed by atoms with Crippen LogP contribution in [0.1, 0.15) is 58.9 Å². The van der Waals surface area contributed by atoms with Crippen molar-refractivity contribution < 1.29 is 27.5 Å². The fourth-order valence-corrected chi connectivity index (χ4v) is 3.75. The minimum absolute atomic E-state index is 0.00295. The van der Waals surface area contributed by atoms with E-state index in [0.29, 0.717) is 23.6 Å². The van der Waals surface area contributed by atoms with Crippen LogP contribution in [0.2, 0.25) is 0 Å². The second-order valence-electron chi connectivity index (χ2n) is 8.43. The second kappa shape index (κ2) is 13.6. The molecule has 3 N–H and O–H groups in total. The van der Waals surface area contributed by atoms with E-state index in [9.17, 15) is 22.8 Å². The van der Waals surface area contributed by atoms with E-state index in [1.807, 2.05) is 0 Å². The molecule has 0 saturated heterocycles. The van der Waals surface area contributed by atoms with Crippen LogP contribution in [0.3, 0.4) is 0 Å². The fourth-order valence-electron chi connectivity index (χ4n) is 3.54. The van der Waals surface area contributed by atoms with Crippen LogP contribution >= 0.6 is 12.2 Å². The van der Waals surface area contributed by atoms with Gasteiger partial charge in [0.15, 0.2) is 5.11 Å². The first kappa shape index (κ1) is 28.6. The van der Waals surface area contributed by atoms with Crippen LogP contribution in [0.15, 0.2) is 72.8 Å². The molecular weight excluding hydrogens is 515 g/mol. The highest BCUT2D eigenvalue weighted by Crippen LogP contribution is 2.30. The van der Waals surface area contributed by atoms with Crippen molar-refractivity contribution in [1.29, 1.82) is 0 Å². The molecule has 3 rings (SSSR count). The number of nitrogens with one attached hydrogen (secondary N) is 3. The lowest BCUT2D eigenvalue weighted by atomic mass is 10.1. The number of alkyl halides is 3. The number of unbranched alkanes of at least 4 members (excludes halogenated alkanes) is 3. The molecule has 0 saturated carbocycles. The number of carbonyl (C=O) groups is 2. The number of hydrogen-bond donors (Lipinski definition) is 3. The molecule has 0 heterocycles. The lowest BCUT2D eigenvalue weighted by molar-refractivity contribution is -0.137. The van der Waals surface area contributed by atoms with Gasteiger partial charge in [0.05, 0.1) is 17.7 Å². The molecule has 0 fully saturated rings. The van der Waals surface area contributed by atoms with Gasteiger partial charge in [-0.15, -0.1) is 0 Å². The van der Waals surface area contributed by atoms with Gasteiger partial charge in [-0.25, -0.2) is 0 Å². The third kappa shape index (κ3) is 8.58. The summed E-state index contributed by atoms with van der Waals surface area (Å²) in [6.07, 6.45) is -0.338. The van der Waals surface area contributed by atoms with Crippen molar-refractivity contribution in [2.24, 2.45) is 0 Å². The smallest absolute Gasteiger partial charge is 0.416 e. The van der Waals surface area contributed by atoms with Gasteiger partial charge >= 0.3 is 6.18 Å². The van der Waals surface area contributed by atoms with E-state index in [0.717, 1.165) is 37.8 Å². The first-order valence-corrected chi connectivity index (χ1v) is 12.5. The van der Waals surface area contributed by atoms with E-state index in [1.54, 1.807) is 36.4 Å². The topological polar surface area (TPSA) is 79.5 Å². The van der Waals surface area contributed by atoms with Gasteiger partial charge in [0.1, 0.15) is 5.75 Å². The molecule has 0 spiro atoms. The highest BCUT2D eigenvalue weighted by atomic mass is 32.1. The molecular formula is C28H28F3N3O3S. The third-order valence-corrected chi connectivity index (χ3v) is 5.65. The molecule has 0 radical (unpaired) electrons. The maximum Gasteiger partial charge on any atom is 0.416 e. The highest BCUT2D eigenvalue weighted by Gasteiger charge is 2.30. The Bertz CT molecular complexity index is 1280. The summed E-state index contributed by atoms with van der Waals surface area (Å²) in [6.45, 7) is 2.63. The Balaban J connectivity index is 1.60. The van der Waals surface area contributed by atoms with Crippen LogP contribution in [0, 0.1) is 0 Å². The number of para-hydroxylation sites is 1. The summed E-state index contributed by atoms with van der Waals surface area (Å²) in [6, 6.07) is 17.4. The first-order chi connectivity index (χ1) is 18.2. The molecule has 0 atom stereocenters. The SMILES string of the molecule is CCCCCCOc1ccccc1C(=O)NC(=S)Nc1cccc(C(=O)Nc2cccc(C(F)(F)F)c2)c1. The Morgan fingerprint density at radius 1 is 0.842 bits per heavy atom. The Hall–Kier alpha value is -3.92. The average Bonchev–Trinajstić information content (AvgIpc) is 2.88. The fraction of sp³-hybridized carbons (Fsp3) is 0.250. The second-order valence-corrected chi connectivity index (χ2v) is 8.84. The van der Waals surface area contributed by atoms with Crippen molar-refractivity contribution in [2.75, 3.05) is 17.2 Å².